The maximum absolute atomic E-state index is 8.93. The van der Waals surface area contributed by atoms with Crippen LogP contribution in [0.25, 0.3) is 0 Å². The van der Waals surface area contributed by atoms with Crippen LogP contribution in [0.2, 0.25) is 0 Å². The van der Waals surface area contributed by atoms with Crippen molar-refractivity contribution in [3.8, 4) is 0 Å². The van der Waals surface area contributed by atoms with Crippen LogP contribution >= 0.6 is 0 Å². The van der Waals surface area contributed by atoms with Gasteiger partial charge in [-0.15, -0.1) is 0 Å². The van der Waals surface area contributed by atoms with Gasteiger partial charge in [-0.25, -0.2) is 0 Å². The first-order chi connectivity index (χ1) is 7.38. The zero-order valence-electron chi connectivity index (χ0n) is 8.98. The number of aliphatic hydroxyl groups is 1. The second-order valence-electron chi connectivity index (χ2n) is 4.23. The fourth-order valence-electron chi connectivity index (χ4n) is 2.06. The van der Waals surface area contributed by atoms with E-state index in [0.29, 0.717) is 0 Å². The minimum absolute atomic E-state index is 0. The Labute approximate surface area is 126 Å². The predicted molar refractivity (Wildman–Crippen MR) is 76.7 cm³/mol. The molecule has 0 aliphatic carbocycles. The molecule has 0 spiro atoms. The zero-order chi connectivity index (χ0) is 10.5. The summed E-state index contributed by atoms with van der Waals surface area (Å²) in [5, 5.41) is 8.93. The summed E-state index contributed by atoms with van der Waals surface area (Å²) in [6, 6.07) is 8.27. The van der Waals surface area contributed by atoms with Crippen LogP contribution in [0.5, 0.6) is 0 Å². The van der Waals surface area contributed by atoms with E-state index in [1.54, 1.807) is 0 Å². The molecule has 1 N–H and O–H groups in total. The van der Waals surface area contributed by atoms with Gasteiger partial charge in [0.1, 0.15) is 0 Å². The second kappa shape index (κ2) is 9.23. The van der Waals surface area contributed by atoms with Gasteiger partial charge in [0.25, 0.3) is 0 Å². The van der Waals surface area contributed by atoms with Crippen molar-refractivity contribution in [2.45, 2.75) is 25.9 Å². The van der Waals surface area contributed by atoms with Crippen LogP contribution in [-0.2, 0) is 17.8 Å². The molecule has 90 valence electrons. The van der Waals surface area contributed by atoms with Gasteiger partial charge in [0.15, 0.2) is 17.4 Å². The molecule has 1 aliphatic heterocycles. The molecule has 0 radical (unpaired) electrons. The molecule has 1 heterocycles. The van der Waals surface area contributed by atoms with Crippen LogP contribution < -0.4 is 0 Å². The van der Waals surface area contributed by atoms with E-state index in [1.807, 2.05) is 12.1 Å². The topological polar surface area (TPSA) is 29.5 Å². The standard InChI is InChI=1S/C13H18O2.Al.Li.4H/c14-10-13-3-1-11(2-4-13)9-12-5-7-15-8-6-12;;;;;;/h1-4,12,14H,5-10H2;;;;;;. The minimum atomic E-state index is 0. The Morgan fingerprint density at radius 2 is 1.59 bits per heavy atom. The Hall–Kier alpha value is 0.270. The molecule has 1 aromatic rings. The van der Waals surface area contributed by atoms with Crippen molar-refractivity contribution in [3.05, 3.63) is 35.4 Å². The molecule has 1 aromatic carbocycles. The summed E-state index contributed by atoms with van der Waals surface area (Å²) < 4.78 is 5.34. The molecule has 1 saturated heterocycles. The summed E-state index contributed by atoms with van der Waals surface area (Å²) >= 11 is 0. The predicted octanol–water partition coefficient (Wildman–Crippen LogP) is 0.316. The van der Waals surface area contributed by atoms with Gasteiger partial charge >= 0.3 is 18.9 Å². The molecule has 0 bridgehead atoms. The molecule has 17 heavy (non-hydrogen) atoms. The Morgan fingerprint density at radius 1 is 1.06 bits per heavy atom. The number of hydrogen-bond acceptors (Lipinski definition) is 2. The normalized spacial score (nSPS) is 15.8. The van der Waals surface area contributed by atoms with Crippen LogP contribution in [0.3, 0.4) is 0 Å². The number of rotatable bonds is 3. The quantitative estimate of drug-likeness (QED) is 0.776. The third-order valence-electron chi connectivity index (χ3n) is 3.07. The van der Waals surface area contributed by atoms with Crippen molar-refractivity contribution in [1.82, 2.24) is 0 Å². The average Bonchev–Trinajstić information content (AvgIpc) is 2.31. The van der Waals surface area contributed by atoms with Crippen LogP contribution in [0.4, 0.5) is 0 Å². The van der Waals surface area contributed by atoms with Gasteiger partial charge in [-0.05, 0) is 36.3 Å². The molecule has 2 rings (SSSR count). The summed E-state index contributed by atoms with van der Waals surface area (Å²) in [7, 11) is 0. The van der Waals surface area contributed by atoms with E-state index in [4.69, 9.17) is 9.84 Å². The Kier molecular flexibility index (Phi) is 9.38. The Balaban J connectivity index is 0.00000128. The zero-order valence-corrected chi connectivity index (χ0v) is 8.98. The maximum atomic E-state index is 8.93. The SMILES string of the molecule is OCc1ccc(CC2CCOCC2)cc1.[AlH3].[LiH]. The summed E-state index contributed by atoms with van der Waals surface area (Å²) in [6.07, 6.45) is 3.51. The molecule has 0 amide bonds. The van der Waals surface area contributed by atoms with Crippen molar-refractivity contribution < 1.29 is 9.84 Å². The van der Waals surface area contributed by atoms with E-state index in [2.05, 4.69) is 12.1 Å². The van der Waals surface area contributed by atoms with Gasteiger partial charge < -0.3 is 9.84 Å². The van der Waals surface area contributed by atoms with Crippen LogP contribution in [0, 0.1) is 5.92 Å². The third kappa shape index (κ3) is 5.62. The molecular weight excluding hydrogens is 222 g/mol. The molecule has 2 nitrogen and oxygen atoms in total. The number of hydrogen-bond donors (Lipinski definition) is 1. The summed E-state index contributed by atoms with van der Waals surface area (Å²) in [6.45, 7) is 1.97. The molecule has 0 saturated carbocycles. The first-order valence-electron chi connectivity index (χ1n) is 5.65. The van der Waals surface area contributed by atoms with Crippen molar-refractivity contribution in [3.63, 3.8) is 0 Å². The van der Waals surface area contributed by atoms with E-state index in [-0.39, 0.29) is 42.8 Å². The molecule has 4 heteroatoms. The molecular formula is C13H22AlLiO2. The first-order valence-corrected chi connectivity index (χ1v) is 5.65. The Bertz CT molecular complexity index is 297. The third-order valence-corrected chi connectivity index (χ3v) is 3.07. The van der Waals surface area contributed by atoms with Crippen molar-refractivity contribution in [1.29, 1.82) is 0 Å². The molecule has 1 aliphatic rings. The van der Waals surface area contributed by atoms with E-state index < -0.39 is 0 Å². The molecule has 0 aromatic heterocycles. The van der Waals surface area contributed by atoms with E-state index >= 15 is 0 Å². The van der Waals surface area contributed by atoms with Gasteiger partial charge in [0.05, 0.1) is 6.61 Å². The monoisotopic (exact) mass is 244 g/mol. The molecule has 1 fully saturated rings. The summed E-state index contributed by atoms with van der Waals surface area (Å²) in [5.74, 6) is 0.777. The first kappa shape index (κ1) is 17.3. The number of aliphatic hydroxyl groups excluding tert-OH is 1. The van der Waals surface area contributed by atoms with Gasteiger partial charge in [-0.1, -0.05) is 24.3 Å². The van der Waals surface area contributed by atoms with E-state index in [1.165, 1.54) is 18.4 Å². The van der Waals surface area contributed by atoms with Crippen molar-refractivity contribution in [2.24, 2.45) is 5.92 Å². The van der Waals surface area contributed by atoms with Crippen molar-refractivity contribution in [2.75, 3.05) is 13.2 Å². The van der Waals surface area contributed by atoms with Crippen LogP contribution in [-0.4, -0.2) is 54.5 Å². The van der Waals surface area contributed by atoms with Gasteiger partial charge in [-0.3, -0.25) is 0 Å². The van der Waals surface area contributed by atoms with Gasteiger partial charge in [0, 0.05) is 13.2 Å². The molecule has 0 unspecified atom stereocenters. The van der Waals surface area contributed by atoms with Gasteiger partial charge in [0.2, 0.25) is 0 Å². The summed E-state index contributed by atoms with van der Waals surface area (Å²) in [4.78, 5) is 0. The van der Waals surface area contributed by atoms with Crippen LogP contribution in [0.1, 0.15) is 24.0 Å². The van der Waals surface area contributed by atoms with Crippen molar-refractivity contribution >= 4 is 36.2 Å². The van der Waals surface area contributed by atoms with E-state index in [0.717, 1.165) is 31.1 Å². The Morgan fingerprint density at radius 3 is 2.12 bits per heavy atom. The number of ether oxygens (including phenoxy) is 1. The fraction of sp³-hybridized carbons (Fsp3) is 0.538. The second-order valence-corrected chi connectivity index (χ2v) is 4.23. The van der Waals surface area contributed by atoms with E-state index in [9.17, 15) is 0 Å². The molecule has 0 atom stereocenters. The fourth-order valence-corrected chi connectivity index (χ4v) is 2.06. The average molecular weight is 244 g/mol. The number of benzene rings is 1. The van der Waals surface area contributed by atoms with Crippen LogP contribution in [0.15, 0.2) is 24.3 Å². The van der Waals surface area contributed by atoms with Gasteiger partial charge in [-0.2, -0.15) is 0 Å². The summed E-state index contributed by atoms with van der Waals surface area (Å²) in [5.41, 5.74) is 2.37.